The maximum atomic E-state index is 12.9. The lowest BCUT2D eigenvalue weighted by Crippen LogP contribution is -2.09. The largest absolute Gasteiger partial charge is 0.488 e. The number of rotatable bonds is 6. The Labute approximate surface area is 179 Å². The minimum absolute atomic E-state index is 0.0600. The average molecular weight is 412 g/mol. The first-order valence-electron chi connectivity index (χ1n) is 9.78. The third-order valence-electron chi connectivity index (χ3n) is 5.05. The number of benzene rings is 3. The Balaban J connectivity index is 1.60. The lowest BCUT2D eigenvalue weighted by atomic mass is 10.1. The number of ether oxygens (including phenoxy) is 2. The van der Waals surface area contributed by atoms with Crippen LogP contribution in [0.15, 0.2) is 65.2 Å². The Morgan fingerprint density at radius 1 is 1.03 bits per heavy atom. The molecule has 0 atom stereocenters. The van der Waals surface area contributed by atoms with Crippen LogP contribution in [0.5, 0.6) is 5.75 Å². The van der Waals surface area contributed by atoms with Gasteiger partial charge >= 0.3 is 5.97 Å². The van der Waals surface area contributed by atoms with E-state index in [-0.39, 0.29) is 13.2 Å². The summed E-state index contributed by atoms with van der Waals surface area (Å²) >= 11 is 0. The van der Waals surface area contributed by atoms with Gasteiger partial charge in [-0.05, 0) is 54.4 Å². The van der Waals surface area contributed by atoms with Gasteiger partial charge < -0.3 is 14.0 Å². The second kappa shape index (κ2) is 8.72. The van der Waals surface area contributed by atoms with E-state index in [0.717, 1.165) is 27.6 Å². The van der Waals surface area contributed by atoms with E-state index < -0.39 is 5.97 Å². The molecule has 0 aliphatic heterocycles. The van der Waals surface area contributed by atoms with Gasteiger partial charge in [0.15, 0.2) is 0 Å². The number of carbonyl (C=O) groups excluding carboxylic acids is 1. The minimum Gasteiger partial charge on any atom is -0.488 e. The molecular weight excluding hydrogens is 392 g/mol. The summed E-state index contributed by atoms with van der Waals surface area (Å²) in [5.74, 6) is 0.608. The molecule has 0 spiro atoms. The Kier molecular flexibility index (Phi) is 5.67. The van der Waals surface area contributed by atoms with E-state index in [1.165, 1.54) is 0 Å². The molecular formula is C25H20N2O4. The zero-order valence-corrected chi connectivity index (χ0v) is 17.2. The van der Waals surface area contributed by atoms with Crippen molar-refractivity contribution in [1.82, 2.24) is 5.16 Å². The Bertz CT molecular complexity index is 1280. The molecule has 0 N–H and O–H groups in total. The molecule has 1 aromatic heterocycles. The predicted octanol–water partition coefficient (Wildman–Crippen LogP) is 5.25. The predicted molar refractivity (Wildman–Crippen MR) is 115 cm³/mol. The molecule has 3 aromatic carbocycles. The van der Waals surface area contributed by atoms with Crippen molar-refractivity contribution in [1.29, 1.82) is 5.26 Å². The molecule has 0 aliphatic carbocycles. The number of aryl methyl sites for hydroxylation is 2. The van der Waals surface area contributed by atoms with E-state index in [1.807, 2.05) is 50.2 Å². The van der Waals surface area contributed by atoms with Gasteiger partial charge in [0.2, 0.25) is 0 Å². The van der Waals surface area contributed by atoms with Crippen LogP contribution in [0, 0.1) is 25.2 Å². The van der Waals surface area contributed by atoms with Crippen molar-refractivity contribution in [2.45, 2.75) is 27.1 Å². The summed E-state index contributed by atoms with van der Waals surface area (Å²) in [6.45, 7) is 3.96. The van der Waals surface area contributed by atoms with Crippen LogP contribution < -0.4 is 4.74 Å². The highest BCUT2D eigenvalue weighted by Crippen LogP contribution is 2.28. The lowest BCUT2D eigenvalue weighted by molar-refractivity contribution is 0.0468. The number of nitrogens with zero attached hydrogens (tertiary/aromatic N) is 2. The van der Waals surface area contributed by atoms with Gasteiger partial charge in [0.1, 0.15) is 30.3 Å². The zero-order valence-electron chi connectivity index (χ0n) is 17.2. The molecule has 1 heterocycles. The standard InChI is InChI=1S/C25H20N2O4/c1-16-23(17(2)31-27-16)15-29-24-12-21-9-4-3-8-20(21)11-22(24)25(28)30-14-19-7-5-6-18(10-19)13-26/h3-12H,14-15H2,1-2H3. The summed E-state index contributed by atoms with van der Waals surface area (Å²) in [5.41, 5.74) is 3.19. The van der Waals surface area contributed by atoms with Gasteiger partial charge in [-0.3, -0.25) is 0 Å². The SMILES string of the molecule is Cc1noc(C)c1COc1cc2ccccc2cc1C(=O)OCc1cccc(C#N)c1. The molecule has 0 saturated heterocycles. The fourth-order valence-corrected chi connectivity index (χ4v) is 3.31. The maximum Gasteiger partial charge on any atom is 0.342 e. The molecule has 154 valence electrons. The van der Waals surface area contributed by atoms with Crippen LogP contribution in [-0.2, 0) is 18.0 Å². The van der Waals surface area contributed by atoms with Gasteiger partial charge in [-0.1, -0.05) is 41.6 Å². The van der Waals surface area contributed by atoms with Gasteiger partial charge in [-0.25, -0.2) is 4.79 Å². The number of hydrogen-bond acceptors (Lipinski definition) is 6. The summed E-state index contributed by atoms with van der Waals surface area (Å²) in [4.78, 5) is 12.9. The summed E-state index contributed by atoms with van der Waals surface area (Å²) in [6, 6.07) is 20.4. The quantitative estimate of drug-likeness (QED) is 0.402. The molecule has 0 saturated carbocycles. The molecule has 0 unspecified atom stereocenters. The highest BCUT2D eigenvalue weighted by molar-refractivity contribution is 5.98. The number of carbonyl (C=O) groups is 1. The molecule has 0 aliphatic rings. The van der Waals surface area contributed by atoms with Crippen molar-refractivity contribution in [2.24, 2.45) is 0 Å². The third-order valence-corrected chi connectivity index (χ3v) is 5.05. The van der Waals surface area contributed by atoms with Gasteiger partial charge in [-0.2, -0.15) is 5.26 Å². The molecule has 4 aromatic rings. The van der Waals surface area contributed by atoms with Crippen LogP contribution in [0.1, 0.15) is 38.5 Å². The van der Waals surface area contributed by atoms with Crippen LogP contribution >= 0.6 is 0 Å². The topological polar surface area (TPSA) is 85.3 Å². The number of nitriles is 1. The molecule has 0 amide bonds. The summed E-state index contributed by atoms with van der Waals surface area (Å²) in [7, 11) is 0. The van der Waals surface area contributed by atoms with Crippen LogP contribution in [0.25, 0.3) is 10.8 Å². The van der Waals surface area contributed by atoms with Gasteiger partial charge in [0.25, 0.3) is 0 Å². The van der Waals surface area contributed by atoms with Gasteiger partial charge in [0, 0.05) is 0 Å². The Hall–Kier alpha value is -4.11. The first-order valence-corrected chi connectivity index (χ1v) is 9.78. The van der Waals surface area contributed by atoms with E-state index in [1.54, 1.807) is 24.3 Å². The normalized spacial score (nSPS) is 10.6. The van der Waals surface area contributed by atoms with Crippen LogP contribution in [0.3, 0.4) is 0 Å². The first kappa shape index (κ1) is 20.2. The molecule has 0 fully saturated rings. The lowest BCUT2D eigenvalue weighted by Gasteiger charge is -2.13. The number of esters is 1. The summed E-state index contributed by atoms with van der Waals surface area (Å²) in [5, 5.41) is 14.9. The average Bonchev–Trinajstić information content (AvgIpc) is 3.12. The van der Waals surface area contributed by atoms with Crippen molar-refractivity contribution < 1.29 is 18.8 Å². The zero-order chi connectivity index (χ0) is 21.8. The van der Waals surface area contributed by atoms with Crippen molar-refractivity contribution in [3.05, 3.63) is 94.4 Å². The van der Waals surface area contributed by atoms with Gasteiger partial charge in [0.05, 0.1) is 22.9 Å². The third kappa shape index (κ3) is 4.41. The summed E-state index contributed by atoms with van der Waals surface area (Å²) < 4.78 is 16.7. The first-order chi connectivity index (χ1) is 15.0. The second-order valence-electron chi connectivity index (χ2n) is 7.18. The highest BCUT2D eigenvalue weighted by Gasteiger charge is 2.18. The fourth-order valence-electron chi connectivity index (χ4n) is 3.31. The number of fused-ring (bicyclic) bond motifs is 1. The maximum absolute atomic E-state index is 12.9. The smallest absolute Gasteiger partial charge is 0.342 e. The monoisotopic (exact) mass is 412 g/mol. The fraction of sp³-hybridized carbons (Fsp3) is 0.160. The van der Waals surface area contributed by atoms with Crippen LogP contribution in [0.2, 0.25) is 0 Å². The number of hydrogen-bond donors (Lipinski definition) is 0. The second-order valence-corrected chi connectivity index (χ2v) is 7.18. The van der Waals surface area contributed by atoms with E-state index in [4.69, 9.17) is 19.3 Å². The molecule has 6 heteroatoms. The Morgan fingerprint density at radius 2 is 1.81 bits per heavy atom. The van der Waals surface area contributed by atoms with Gasteiger partial charge in [-0.15, -0.1) is 0 Å². The molecule has 0 radical (unpaired) electrons. The molecule has 6 nitrogen and oxygen atoms in total. The molecule has 31 heavy (non-hydrogen) atoms. The van der Waals surface area contributed by atoms with Crippen molar-refractivity contribution in [2.75, 3.05) is 0 Å². The highest BCUT2D eigenvalue weighted by atomic mass is 16.5. The summed E-state index contributed by atoms with van der Waals surface area (Å²) in [6.07, 6.45) is 0. The van der Waals surface area contributed by atoms with Crippen molar-refractivity contribution in [3.63, 3.8) is 0 Å². The van der Waals surface area contributed by atoms with Crippen LogP contribution in [0.4, 0.5) is 0 Å². The van der Waals surface area contributed by atoms with E-state index in [0.29, 0.717) is 22.6 Å². The van der Waals surface area contributed by atoms with Crippen molar-refractivity contribution in [3.8, 4) is 11.8 Å². The minimum atomic E-state index is -0.498. The molecule has 4 rings (SSSR count). The number of aromatic nitrogens is 1. The molecule has 0 bridgehead atoms. The Morgan fingerprint density at radius 3 is 2.52 bits per heavy atom. The van der Waals surface area contributed by atoms with Crippen molar-refractivity contribution >= 4 is 16.7 Å². The van der Waals surface area contributed by atoms with Crippen LogP contribution in [-0.4, -0.2) is 11.1 Å². The van der Waals surface area contributed by atoms with E-state index >= 15 is 0 Å². The van der Waals surface area contributed by atoms with E-state index in [9.17, 15) is 4.79 Å². The van der Waals surface area contributed by atoms with E-state index in [2.05, 4.69) is 11.2 Å².